The summed E-state index contributed by atoms with van der Waals surface area (Å²) in [6.45, 7) is 3.08. The lowest BCUT2D eigenvalue weighted by Gasteiger charge is -2.18. The average Bonchev–Trinajstić information content (AvgIpc) is 3.61. The maximum Gasteiger partial charge on any atom is 0.244 e. The molecule has 35 heavy (non-hydrogen) atoms. The number of aryl methyl sites for hydroxylation is 1. The molecule has 1 aliphatic rings. The van der Waals surface area contributed by atoms with Crippen LogP contribution >= 0.6 is 0 Å². The minimum atomic E-state index is -0.289. The van der Waals surface area contributed by atoms with Crippen LogP contribution in [-0.4, -0.2) is 16.7 Å². The molecule has 0 saturated heterocycles. The summed E-state index contributed by atoms with van der Waals surface area (Å²) in [6.07, 6.45) is 2.52. The Morgan fingerprint density at radius 3 is 2.20 bits per heavy atom. The van der Waals surface area contributed by atoms with Gasteiger partial charge in [0.05, 0.1) is 12.1 Å². The maximum atomic E-state index is 13.2. The smallest absolute Gasteiger partial charge is 0.244 e. The number of hydrazone groups is 1. The molecule has 4 aromatic carbocycles. The number of carbonyl (C=O) groups excluding carboxylic acids is 1. The summed E-state index contributed by atoms with van der Waals surface area (Å²) in [5, 5.41) is 6.77. The van der Waals surface area contributed by atoms with E-state index in [0.717, 1.165) is 18.5 Å². The lowest BCUT2D eigenvalue weighted by Crippen LogP contribution is -2.25. The molecule has 4 heteroatoms. The van der Waals surface area contributed by atoms with Crippen molar-refractivity contribution in [3.8, 4) is 0 Å². The third-order valence-corrected chi connectivity index (χ3v) is 7.36. The predicted molar refractivity (Wildman–Crippen MR) is 143 cm³/mol. The van der Waals surface area contributed by atoms with E-state index in [4.69, 9.17) is 0 Å². The van der Waals surface area contributed by atoms with Crippen molar-refractivity contribution in [3.63, 3.8) is 0 Å². The molecule has 1 saturated carbocycles. The number of amides is 1. The van der Waals surface area contributed by atoms with Gasteiger partial charge in [-0.3, -0.25) is 4.79 Å². The second-order valence-corrected chi connectivity index (χ2v) is 9.23. The van der Waals surface area contributed by atoms with Crippen molar-refractivity contribution in [2.75, 3.05) is 0 Å². The van der Waals surface area contributed by atoms with E-state index in [1.165, 1.54) is 32.9 Å². The van der Waals surface area contributed by atoms with Crippen molar-refractivity contribution >= 4 is 33.9 Å². The van der Waals surface area contributed by atoms with E-state index in [1.54, 1.807) is 6.21 Å². The molecule has 1 aromatic heterocycles. The van der Waals surface area contributed by atoms with E-state index in [0.29, 0.717) is 0 Å². The van der Waals surface area contributed by atoms with Gasteiger partial charge in [0, 0.05) is 33.8 Å². The normalized spacial score (nSPS) is 16.7. The minimum Gasteiger partial charge on any atom is -0.341 e. The lowest BCUT2D eigenvalue weighted by molar-refractivity contribution is -0.122. The molecule has 5 aromatic rings. The fourth-order valence-electron chi connectivity index (χ4n) is 5.60. The van der Waals surface area contributed by atoms with Crippen LogP contribution in [0.5, 0.6) is 0 Å². The molecule has 0 radical (unpaired) electrons. The van der Waals surface area contributed by atoms with E-state index in [2.05, 4.69) is 88.7 Å². The van der Waals surface area contributed by atoms with E-state index < -0.39 is 0 Å². The fraction of sp³-hybridized carbons (Fsp3) is 0.161. The zero-order chi connectivity index (χ0) is 23.8. The third-order valence-electron chi connectivity index (χ3n) is 7.36. The van der Waals surface area contributed by atoms with Crippen LogP contribution in [0.15, 0.2) is 108 Å². The van der Waals surface area contributed by atoms with Gasteiger partial charge in [-0.2, -0.15) is 5.10 Å². The Balaban J connectivity index is 1.25. The summed E-state index contributed by atoms with van der Waals surface area (Å²) in [5.74, 6) is -0.188. The first-order chi connectivity index (χ1) is 17.2. The standard InChI is InChI=1S/C31H27N3O/c1-2-34-28-16-10-9-15-25(28)26-19-22(17-18-29(26)34)21-32-33-30(35)27-20-31(27,23-11-5-3-6-12-23)24-13-7-4-8-14-24/h3-19,21,27H,2,20H2,1H3,(H,33,35)/b32-21-/t27-/m0/s1. The number of para-hydroxylation sites is 1. The molecule has 6 rings (SSSR count). The highest BCUT2D eigenvalue weighted by Crippen LogP contribution is 2.58. The average molecular weight is 458 g/mol. The van der Waals surface area contributed by atoms with Gasteiger partial charge in [0.1, 0.15) is 0 Å². The molecule has 1 aliphatic carbocycles. The minimum absolute atomic E-state index is 0.0439. The Kier molecular flexibility index (Phi) is 5.22. The van der Waals surface area contributed by atoms with Gasteiger partial charge in [0.15, 0.2) is 0 Å². The van der Waals surface area contributed by atoms with Gasteiger partial charge in [0.25, 0.3) is 0 Å². The Labute approximate surface area is 204 Å². The van der Waals surface area contributed by atoms with Crippen LogP contribution in [0.3, 0.4) is 0 Å². The number of fused-ring (bicyclic) bond motifs is 3. The number of aromatic nitrogens is 1. The number of hydrogen-bond donors (Lipinski definition) is 1. The molecule has 0 aliphatic heterocycles. The van der Waals surface area contributed by atoms with Crippen LogP contribution < -0.4 is 5.43 Å². The summed E-state index contributed by atoms with van der Waals surface area (Å²) in [5.41, 5.74) is 8.28. The summed E-state index contributed by atoms with van der Waals surface area (Å²) in [6, 6.07) is 35.5. The van der Waals surface area contributed by atoms with Crippen molar-refractivity contribution < 1.29 is 4.79 Å². The van der Waals surface area contributed by atoms with Crippen LogP contribution in [0.4, 0.5) is 0 Å². The largest absolute Gasteiger partial charge is 0.341 e. The van der Waals surface area contributed by atoms with Crippen LogP contribution in [0.1, 0.15) is 30.0 Å². The Hall–Kier alpha value is -4.18. The highest BCUT2D eigenvalue weighted by atomic mass is 16.2. The van der Waals surface area contributed by atoms with Gasteiger partial charge in [-0.05, 0) is 48.2 Å². The highest BCUT2D eigenvalue weighted by molar-refractivity contribution is 6.09. The summed E-state index contributed by atoms with van der Waals surface area (Å²) in [4.78, 5) is 13.2. The summed E-state index contributed by atoms with van der Waals surface area (Å²) in [7, 11) is 0. The second-order valence-electron chi connectivity index (χ2n) is 9.23. The zero-order valence-corrected chi connectivity index (χ0v) is 19.7. The molecule has 0 spiro atoms. The molecule has 172 valence electrons. The van der Waals surface area contributed by atoms with Gasteiger partial charge in [-0.1, -0.05) is 84.9 Å². The van der Waals surface area contributed by atoms with Crippen molar-refractivity contribution in [2.45, 2.75) is 25.3 Å². The first-order valence-electron chi connectivity index (χ1n) is 12.2. The number of nitrogens with zero attached hydrogens (tertiary/aromatic N) is 2. The molecule has 4 nitrogen and oxygen atoms in total. The topological polar surface area (TPSA) is 46.4 Å². The number of rotatable bonds is 6. The van der Waals surface area contributed by atoms with Gasteiger partial charge >= 0.3 is 0 Å². The molecule has 1 amide bonds. The number of benzene rings is 4. The molecular weight excluding hydrogens is 430 g/mol. The lowest BCUT2D eigenvalue weighted by atomic mass is 9.85. The van der Waals surface area contributed by atoms with E-state index in [-0.39, 0.29) is 17.2 Å². The van der Waals surface area contributed by atoms with E-state index in [1.807, 2.05) is 36.4 Å². The molecule has 1 fully saturated rings. The fourth-order valence-corrected chi connectivity index (χ4v) is 5.60. The Morgan fingerprint density at radius 2 is 1.51 bits per heavy atom. The Morgan fingerprint density at radius 1 is 0.886 bits per heavy atom. The second kappa shape index (κ2) is 8.55. The molecule has 0 bridgehead atoms. The first-order valence-corrected chi connectivity index (χ1v) is 12.2. The van der Waals surface area contributed by atoms with E-state index >= 15 is 0 Å². The summed E-state index contributed by atoms with van der Waals surface area (Å²) < 4.78 is 2.33. The van der Waals surface area contributed by atoms with Crippen LogP contribution in [0.25, 0.3) is 21.8 Å². The number of hydrogen-bond acceptors (Lipinski definition) is 2. The number of carbonyl (C=O) groups is 1. The maximum absolute atomic E-state index is 13.2. The van der Waals surface area contributed by atoms with Crippen LogP contribution in [-0.2, 0) is 16.8 Å². The highest BCUT2D eigenvalue weighted by Gasteiger charge is 2.60. The van der Waals surface area contributed by atoms with Gasteiger partial charge in [0.2, 0.25) is 5.91 Å². The monoisotopic (exact) mass is 457 g/mol. The Bertz CT molecular complexity index is 1510. The van der Waals surface area contributed by atoms with Crippen LogP contribution in [0, 0.1) is 5.92 Å². The van der Waals surface area contributed by atoms with Gasteiger partial charge in [-0.25, -0.2) is 5.43 Å². The SMILES string of the molecule is CCn1c2ccccc2c2cc(/C=N\NC(=O)[C@@H]3CC3(c3ccccc3)c3ccccc3)ccc21. The predicted octanol–water partition coefficient (Wildman–Crippen LogP) is 6.27. The summed E-state index contributed by atoms with van der Waals surface area (Å²) >= 11 is 0. The molecule has 1 atom stereocenters. The van der Waals surface area contributed by atoms with Gasteiger partial charge in [-0.15, -0.1) is 0 Å². The van der Waals surface area contributed by atoms with Crippen molar-refractivity contribution in [3.05, 3.63) is 120 Å². The first kappa shape index (κ1) is 21.4. The molecular formula is C31H27N3O. The third kappa shape index (κ3) is 3.53. The quantitative estimate of drug-likeness (QED) is 0.237. The molecule has 0 unspecified atom stereocenters. The number of nitrogens with one attached hydrogen (secondary N) is 1. The zero-order valence-electron chi connectivity index (χ0n) is 19.7. The van der Waals surface area contributed by atoms with E-state index in [9.17, 15) is 4.79 Å². The van der Waals surface area contributed by atoms with Crippen molar-refractivity contribution in [1.29, 1.82) is 0 Å². The van der Waals surface area contributed by atoms with Crippen molar-refractivity contribution in [1.82, 2.24) is 9.99 Å². The van der Waals surface area contributed by atoms with Crippen LogP contribution in [0.2, 0.25) is 0 Å². The molecule has 1 heterocycles. The molecule has 1 N–H and O–H groups in total. The van der Waals surface area contributed by atoms with Crippen molar-refractivity contribution in [2.24, 2.45) is 11.0 Å². The van der Waals surface area contributed by atoms with Gasteiger partial charge < -0.3 is 4.57 Å².